The summed E-state index contributed by atoms with van der Waals surface area (Å²) in [6.45, 7) is 7.57. The largest absolute Gasteiger partial charge is 0.350 e. The molecule has 2 heterocycles. The number of amides is 2. The molecule has 0 spiro atoms. The normalized spacial score (nSPS) is 14.1. The lowest BCUT2D eigenvalue weighted by Gasteiger charge is -2.16. The number of hydrogen-bond acceptors (Lipinski definition) is 7. The molecule has 0 unspecified atom stereocenters. The first-order valence-electron chi connectivity index (χ1n) is 11.1. The molecule has 186 valence electrons. The topological polar surface area (TPSA) is 121 Å². The first kappa shape index (κ1) is 25.3. The number of benzene rings is 2. The van der Waals surface area contributed by atoms with Gasteiger partial charge in [-0.05, 0) is 67.8 Å². The molecule has 0 aliphatic carbocycles. The van der Waals surface area contributed by atoms with Crippen molar-refractivity contribution >= 4 is 50.8 Å². The number of hydrogen-bond donors (Lipinski definition) is 2. The maximum Gasteiger partial charge on any atom is 0.283 e. The Kier molecular flexibility index (Phi) is 6.83. The third kappa shape index (κ3) is 5.09. The van der Waals surface area contributed by atoms with E-state index >= 15 is 0 Å². The quantitative estimate of drug-likeness (QED) is 0.437. The molecule has 0 radical (unpaired) electrons. The number of anilines is 3. The van der Waals surface area contributed by atoms with Crippen LogP contribution in [-0.2, 0) is 19.6 Å². The summed E-state index contributed by atoms with van der Waals surface area (Å²) in [6, 6.07) is 14.5. The van der Waals surface area contributed by atoms with Crippen LogP contribution in [0.1, 0.15) is 36.7 Å². The van der Waals surface area contributed by atoms with Gasteiger partial charge in [-0.15, -0.1) is 0 Å². The lowest BCUT2D eigenvalue weighted by Crippen LogP contribution is -2.32. The second-order valence-electron chi connectivity index (χ2n) is 8.61. The smallest absolute Gasteiger partial charge is 0.283 e. The fraction of sp³-hybridized carbons (Fsp3) is 0.200. The second kappa shape index (κ2) is 9.71. The number of halogens is 1. The van der Waals surface area contributed by atoms with Crippen LogP contribution in [0.15, 0.2) is 70.2 Å². The number of nitrogens with zero attached hydrogens (tertiary/aromatic N) is 3. The monoisotopic (exact) mass is 525 g/mol. The van der Waals surface area contributed by atoms with Crippen molar-refractivity contribution in [3.05, 3.63) is 82.3 Å². The molecule has 0 atom stereocenters. The van der Waals surface area contributed by atoms with E-state index in [1.54, 1.807) is 32.0 Å². The predicted molar refractivity (Wildman–Crippen MR) is 138 cm³/mol. The first-order valence-corrected chi connectivity index (χ1v) is 12.9. The van der Waals surface area contributed by atoms with Crippen molar-refractivity contribution in [3.63, 3.8) is 0 Å². The van der Waals surface area contributed by atoms with E-state index in [1.807, 2.05) is 26.0 Å². The Morgan fingerprint density at radius 3 is 2.03 bits per heavy atom. The highest BCUT2D eigenvalue weighted by Crippen LogP contribution is 2.31. The number of carbonyl (C=O) groups is 2. The standard InChI is InChI=1S/C25H24ClN5O4S/c1-14(2)17-5-9-19(10-6-17)31-23(32)21(26)22(24(31)33)29-18-7-11-20(12-8-18)36(34,35)30-25-27-15(3)13-16(4)28-25/h5-14,29H,1-4H3,(H,27,28,30). The van der Waals surface area contributed by atoms with Crippen LogP contribution in [0.2, 0.25) is 0 Å². The molecule has 1 aliphatic heterocycles. The van der Waals surface area contributed by atoms with Crippen molar-refractivity contribution in [2.24, 2.45) is 0 Å². The number of aromatic nitrogens is 2. The second-order valence-corrected chi connectivity index (χ2v) is 10.7. The third-order valence-corrected chi connectivity index (χ3v) is 7.18. The van der Waals surface area contributed by atoms with Gasteiger partial charge in [-0.25, -0.2) is 28.0 Å². The van der Waals surface area contributed by atoms with E-state index in [0.29, 0.717) is 28.7 Å². The van der Waals surface area contributed by atoms with Gasteiger partial charge in [0, 0.05) is 17.1 Å². The Morgan fingerprint density at radius 2 is 1.47 bits per heavy atom. The summed E-state index contributed by atoms with van der Waals surface area (Å²) in [6.07, 6.45) is 0. The molecule has 0 fully saturated rings. The molecule has 11 heteroatoms. The number of nitrogens with one attached hydrogen (secondary N) is 2. The molecule has 3 aromatic rings. The molecule has 2 aromatic carbocycles. The lowest BCUT2D eigenvalue weighted by atomic mass is 10.0. The van der Waals surface area contributed by atoms with E-state index in [9.17, 15) is 18.0 Å². The molecule has 1 aliphatic rings. The summed E-state index contributed by atoms with van der Waals surface area (Å²) in [5.41, 5.74) is 3.03. The van der Waals surface area contributed by atoms with Crippen LogP contribution in [-0.4, -0.2) is 30.2 Å². The SMILES string of the molecule is Cc1cc(C)nc(NS(=O)(=O)c2ccc(NC3=C(Cl)C(=O)N(c4ccc(C(C)C)cc4)C3=O)cc2)n1. The van der Waals surface area contributed by atoms with Crippen LogP contribution >= 0.6 is 11.6 Å². The Hall–Kier alpha value is -3.76. The average molecular weight is 526 g/mol. The Labute approximate surface area is 214 Å². The average Bonchev–Trinajstić information content (AvgIpc) is 3.01. The number of sulfonamides is 1. The molecule has 4 rings (SSSR count). The Bertz CT molecular complexity index is 1460. The summed E-state index contributed by atoms with van der Waals surface area (Å²) in [4.78, 5) is 34.9. The molecule has 0 saturated heterocycles. The van der Waals surface area contributed by atoms with Crippen LogP contribution in [0.5, 0.6) is 0 Å². The minimum Gasteiger partial charge on any atom is -0.350 e. The van der Waals surface area contributed by atoms with Gasteiger partial charge in [0.1, 0.15) is 10.7 Å². The van der Waals surface area contributed by atoms with Gasteiger partial charge in [-0.1, -0.05) is 37.6 Å². The maximum atomic E-state index is 13.0. The van der Waals surface area contributed by atoms with Gasteiger partial charge in [-0.2, -0.15) is 0 Å². The maximum absolute atomic E-state index is 13.0. The van der Waals surface area contributed by atoms with Crippen molar-refractivity contribution in [1.29, 1.82) is 0 Å². The first-order chi connectivity index (χ1) is 17.0. The number of imide groups is 1. The van der Waals surface area contributed by atoms with Crippen molar-refractivity contribution in [2.75, 3.05) is 14.9 Å². The molecule has 36 heavy (non-hydrogen) atoms. The number of aryl methyl sites for hydroxylation is 2. The van der Waals surface area contributed by atoms with E-state index in [2.05, 4.69) is 20.0 Å². The molecular weight excluding hydrogens is 502 g/mol. The van der Waals surface area contributed by atoms with E-state index < -0.39 is 21.8 Å². The highest BCUT2D eigenvalue weighted by molar-refractivity contribution is 7.92. The predicted octanol–water partition coefficient (Wildman–Crippen LogP) is 4.45. The summed E-state index contributed by atoms with van der Waals surface area (Å²) in [7, 11) is -3.95. The van der Waals surface area contributed by atoms with Gasteiger partial charge in [0.15, 0.2) is 0 Å². The highest BCUT2D eigenvalue weighted by Gasteiger charge is 2.39. The van der Waals surface area contributed by atoms with Crippen molar-refractivity contribution in [2.45, 2.75) is 38.5 Å². The minimum atomic E-state index is -3.95. The van der Waals surface area contributed by atoms with Gasteiger partial charge in [0.25, 0.3) is 21.8 Å². The van der Waals surface area contributed by atoms with Crippen LogP contribution in [0.4, 0.5) is 17.3 Å². The molecule has 0 bridgehead atoms. The Balaban J connectivity index is 1.51. The van der Waals surface area contributed by atoms with Crippen LogP contribution < -0.4 is 14.9 Å². The van der Waals surface area contributed by atoms with Gasteiger partial charge in [0.2, 0.25) is 5.95 Å². The fourth-order valence-electron chi connectivity index (χ4n) is 3.67. The van der Waals surface area contributed by atoms with E-state index in [-0.39, 0.29) is 21.6 Å². The van der Waals surface area contributed by atoms with E-state index in [4.69, 9.17) is 11.6 Å². The van der Waals surface area contributed by atoms with E-state index in [0.717, 1.165) is 10.5 Å². The molecule has 0 saturated carbocycles. The van der Waals surface area contributed by atoms with Crippen molar-refractivity contribution < 1.29 is 18.0 Å². The van der Waals surface area contributed by atoms with Crippen LogP contribution in [0.25, 0.3) is 0 Å². The molecule has 2 amide bonds. The molecule has 9 nitrogen and oxygen atoms in total. The van der Waals surface area contributed by atoms with Crippen molar-refractivity contribution in [3.8, 4) is 0 Å². The van der Waals surface area contributed by atoms with Gasteiger partial charge in [-0.3, -0.25) is 9.59 Å². The zero-order valence-electron chi connectivity index (χ0n) is 20.0. The van der Waals surface area contributed by atoms with E-state index in [1.165, 1.54) is 24.3 Å². The molecule has 2 N–H and O–H groups in total. The third-order valence-electron chi connectivity index (χ3n) is 5.49. The zero-order valence-corrected chi connectivity index (χ0v) is 21.6. The van der Waals surface area contributed by atoms with Crippen LogP contribution in [0.3, 0.4) is 0 Å². The summed E-state index contributed by atoms with van der Waals surface area (Å²) in [5.74, 6) is -0.965. The lowest BCUT2D eigenvalue weighted by molar-refractivity contribution is -0.120. The minimum absolute atomic E-state index is 0.0248. The van der Waals surface area contributed by atoms with Gasteiger partial charge in [0.05, 0.1) is 10.6 Å². The highest BCUT2D eigenvalue weighted by atomic mass is 35.5. The Morgan fingerprint density at radius 1 is 0.889 bits per heavy atom. The van der Waals surface area contributed by atoms with Gasteiger partial charge < -0.3 is 5.32 Å². The van der Waals surface area contributed by atoms with Crippen molar-refractivity contribution in [1.82, 2.24) is 9.97 Å². The van der Waals surface area contributed by atoms with Gasteiger partial charge >= 0.3 is 0 Å². The number of carbonyl (C=O) groups excluding carboxylic acids is 2. The zero-order chi connectivity index (χ0) is 26.2. The number of rotatable bonds is 7. The fourth-order valence-corrected chi connectivity index (χ4v) is 4.82. The molecular formula is C25H24ClN5O4S. The summed E-state index contributed by atoms with van der Waals surface area (Å²) < 4.78 is 27.8. The summed E-state index contributed by atoms with van der Waals surface area (Å²) in [5, 5.41) is 2.59. The summed E-state index contributed by atoms with van der Waals surface area (Å²) >= 11 is 6.20. The molecule has 1 aromatic heterocycles. The van der Waals surface area contributed by atoms with Crippen LogP contribution in [0, 0.1) is 13.8 Å².